The molecule has 4 heteroatoms. The Bertz CT molecular complexity index is 601. The zero-order valence-corrected chi connectivity index (χ0v) is 12.4. The quantitative estimate of drug-likeness (QED) is 0.936. The molecule has 1 aromatic carbocycles. The second-order valence-corrected chi connectivity index (χ2v) is 5.29. The normalized spacial score (nSPS) is 16.3. The predicted octanol–water partition coefficient (Wildman–Crippen LogP) is 3.26. The summed E-state index contributed by atoms with van der Waals surface area (Å²) in [5.74, 6) is 1.67. The second-order valence-electron chi connectivity index (χ2n) is 5.29. The van der Waals surface area contributed by atoms with Gasteiger partial charge in [0.15, 0.2) is 11.5 Å². The van der Waals surface area contributed by atoms with E-state index in [4.69, 9.17) is 9.47 Å². The molecule has 110 valence electrons. The highest BCUT2D eigenvalue weighted by molar-refractivity contribution is 5.44. The Balaban J connectivity index is 1.72. The summed E-state index contributed by atoms with van der Waals surface area (Å²) in [6.07, 6.45) is 3.64. The number of benzene rings is 1. The Morgan fingerprint density at radius 1 is 0.905 bits per heavy atom. The van der Waals surface area contributed by atoms with E-state index >= 15 is 0 Å². The van der Waals surface area contributed by atoms with Gasteiger partial charge in [0.05, 0.1) is 0 Å². The predicted molar refractivity (Wildman–Crippen MR) is 81.6 cm³/mol. The lowest BCUT2D eigenvalue weighted by molar-refractivity contribution is 0.171. The minimum atomic E-state index is 0.226. The zero-order chi connectivity index (χ0) is 14.7. The van der Waals surface area contributed by atoms with Crippen LogP contribution in [0.1, 0.15) is 37.1 Å². The molecule has 0 aliphatic carbocycles. The van der Waals surface area contributed by atoms with E-state index in [0.29, 0.717) is 13.2 Å². The SMILES string of the molecule is CC(N[C@H](C)c1ccncc1)c1ccc2c(c1)OCCO2. The summed E-state index contributed by atoms with van der Waals surface area (Å²) in [5, 5.41) is 3.60. The van der Waals surface area contributed by atoms with Gasteiger partial charge in [-0.2, -0.15) is 0 Å². The number of nitrogens with zero attached hydrogens (tertiary/aromatic N) is 1. The Hall–Kier alpha value is -2.07. The number of hydrogen-bond donors (Lipinski definition) is 1. The summed E-state index contributed by atoms with van der Waals surface area (Å²) in [6, 6.07) is 10.7. The van der Waals surface area contributed by atoms with E-state index in [9.17, 15) is 0 Å². The molecule has 2 atom stereocenters. The van der Waals surface area contributed by atoms with Crippen molar-refractivity contribution in [1.29, 1.82) is 0 Å². The number of fused-ring (bicyclic) bond motifs is 1. The zero-order valence-electron chi connectivity index (χ0n) is 12.4. The van der Waals surface area contributed by atoms with E-state index in [1.807, 2.05) is 30.6 Å². The molecule has 3 rings (SSSR count). The molecule has 4 nitrogen and oxygen atoms in total. The van der Waals surface area contributed by atoms with E-state index in [2.05, 4.69) is 36.3 Å². The lowest BCUT2D eigenvalue weighted by atomic mass is 10.0. The highest BCUT2D eigenvalue weighted by atomic mass is 16.6. The van der Waals surface area contributed by atoms with Crippen LogP contribution in [0.25, 0.3) is 0 Å². The molecule has 2 heterocycles. The molecule has 1 unspecified atom stereocenters. The fourth-order valence-corrected chi connectivity index (χ4v) is 2.55. The second kappa shape index (κ2) is 6.14. The van der Waals surface area contributed by atoms with Gasteiger partial charge < -0.3 is 14.8 Å². The van der Waals surface area contributed by atoms with Crippen molar-refractivity contribution in [3.8, 4) is 11.5 Å². The maximum absolute atomic E-state index is 5.64. The van der Waals surface area contributed by atoms with Gasteiger partial charge in [-0.1, -0.05) is 6.07 Å². The fraction of sp³-hybridized carbons (Fsp3) is 0.353. The van der Waals surface area contributed by atoms with Crippen molar-refractivity contribution in [2.24, 2.45) is 0 Å². The van der Waals surface area contributed by atoms with Gasteiger partial charge in [-0.25, -0.2) is 0 Å². The van der Waals surface area contributed by atoms with Crippen molar-refractivity contribution < 1.29 is 9.47 Å². The first-order valence-corrected chi connectivity index (χ1v) is 7.29. The minimum Gasteiger partial charge on any atom is -0.486 e. The van der Waals surface area contributed by atoms with Crippen molar-refractivity contribution in [1.82, 2.24) is 10.3 Å². The van der Waals surface area contributed by atoms with Crippen LogP contribution in [-0.2, 0) is 0 Å². The number of hydrogen-bond acceptors (Lipinski definition) is 4. The molecular weight excluding hydrogens is 264 g/mol. The fourth-order valence-electron chi connectivity index (χ4n) is 2.55. The first kappa shape index (κ1) is 13.9. The number of rotatable bonds is 4. The molecule has 0 saturated heterocycles. The molecule has 0 saturated carbocycles. The van der Waals surface area contributed by atoms with Gasteiger partial charge in [0, 0.05) is 24.5 Å². The van der Waals surface area contributed by atoms with Crippen molar-refractivity contribution in [3.05, 3.63) is 53.9 Å². The molecule has 1 aromatic heterocycles. The van der Waals surface area contributed by atoms with E-state index in [1.165, 1.54) is 11.1 Å². The number of pyridine rings is 1. The van der Waals surface area contributed by atoms with E-state index in [1.54, 1.807) is 0 Å². The van der Waals surface area contributed by atoms with Gasteiger partial charge in [0.1, 0.15) is 13.2 Å². The van der Waals surface area contributed by atoms with Crippen LogP contribution in [0.4, 0.5) is 0 Å². The Morgan fingerprint density at radius 2 is 1.57 bits per heavy atom. The topological polar surface area (TPSA) is 43.4 Å². The first-order chi connectivity index (χ1) is 10.2. The van der Waals surface area contributed by atoms with Crippen LogP contribution in [-0.4, -0.2) is 18.2 Å². The lowest BCUT2D eigenvalue weighted by Gasteiger charge is -2.23. The summed E-state index contributed by atoms with van der Waals surface area (Å²) >= 11 is 0. The van der Waals surface area contributed by atoms with Gasteiger partial charge in [0.2, 0.25) is 0 Å². The molecule has 0 fully saturated rings. The van der Waals surface area contributed by atoms with Crippen LogP contribution in [0.2, 0.25) is 0 Å². The standard InChI is InChI=1S/C17H20N2O2/c1-12(14-5-7-18-8-6-14)19-13(2)15-3-4-16-17(11-15)21-10-9-20-16/h3-8,11-13,19H,9-10H2,1-2H3/t12-,13?/m1/s1. The highest BCUT2D eigenvalue weighted by Gasteiger charge is 2.16. The van der Waals surface area contributed by atoms with Crippen molar-refractivity contribution in [3.63, 3.8) is 0 Å². The van der Waals surface area contributed by atoms with Gasteiger partial charge in [-0.05, 0) is 49.2 Å². The number of nitrogens with one attached hydrogen (secondary N) is 1. The Kier molecular flexibility index (Phi) is 4.06. The van der Waals surface area contributed by atoms with E-state index in [0.717, 1.165) is 11.5 Å². The molecule has 21 heavy (non-hydrogen) atoms. The maximum atomic E-state index is 5.64. The molecule has 1 N–H and O–H groups in total. The first-order valence-electron chi connectivity index (χ1n) is 7.29. The largest absolute Gasteiger partial charge is 0.486 e. The summed E-state index contributed by atoms with van der Waals surface area (Å²) in [7, 11) is 0. The van der Waals surface area contributed by atoms with Gasteiger partial charge in [-0.3, -0.25) is 4.98 Å². The van der Waals surface area contributed by atoms with Crippen molar-refractivity contribution >= 4 is 0 Å². The van der Waals surface area contributed by atoms with Crippen LogP contribution >= 0.6 is 0 Å². The molecule has 0 bridgehead atoms. The van der Waals surface area contributed by atoms with Crippen LogP contribution < -0.4 is 14.8 Å². The lowest BCUT2D eigenvalue weighted by Crippen LogP contribution is -2.23. The van der Waals surface area contributed by atoms with Gasteiger partial charge in [0.25, 0.3) is 0 Å². The van der Waals surface area contributed by atoms with Crippen LogP contribution in [0.3, 0.4) is 0 Å². The van der Waals surface area contributed by atoms with Crippen molar-refractivity contribution in [2.75, 3.05) is 13.2 Å². The molecular formula is C17H20N2O2. The third-order valence-electron chi connectivity index (χ3n) is 3.77. The summed E-state index contributed by atoms with van der Waals surface area (Å²) in [5.41, 5.74) is 2.43. The minimum absolute atomic E-state index is 0.226. The van der Waals surface area contributed by atoms with E-state index in [-0.39, 0.29) is 12.1 Å². The molecule has 1 aliphatic heterocycles. The molecule has 1 aliphatic rings. The smallest absolute Gasteiger partial charge is 0.161 e. The summed E-state index contributed by atoms with van der Waals surface area (Å²) in [6.45, 7) is 5.55. The molecule has 0 radical (unpaired) electrons. The maximum Gasteiger partial charge on any atom is 0.161 e. The third kappa shape index (κ3) is 3.16. The summed E-state index contributed by atoms with van der Waals surface area (Å²) < 4.78 is 11.2. The monoisotopic (exact) mass is 284 g/mol. The molecule has 0 amide bonds. The summed E-state index contributed by atoms with van der Waals surface area (Å²) in [4.78, 5) is 4.06. The highest BCUT2D eigenvalue weighted by Crippen LogP contribution is 2.33. The van der Waals surface area contributed by atoms with Crippen LogP contribution in [0.15, 0.2) is 42.7 Å². The molecule has 0 spiro atoms. The Morgan fingerprint density at radius 3 is 2.33 bits per heavy atom. The number of ether oxygens (including phenoxy) is 2. The average molecular weight is 284 g/mol. The van der Waals surface area contributed by atoms with E-state index < -0.39 is 0 Å². The van der Waals surface area contributed by atoms with Crippen molar-refractivity contribution in [2.45, 2.75) is 25.9 Å². The number of aromatic nitrogens is 1. The average Bonchev–Trinajstić information content (AvgIpc) is 2.55. The molecule has 2 aromatic rings. The van der Waals surface area contributed by atoms with Gasteiger partial charge >= 0.3 is 0 Å². The Labute approximate surface area is 125 Å². The van der Waals surface area contributed by atoms with Gasteiger partial charge in [-0.15, -0.1) is 0 Å². The van der Waals surface area contributed by atoms with Crippen LogP contribution in [0.5, 0.6) is 11.5 Å². The van der Waals surface area contributed by atoms with Crippen LogP contribution in [0, 0.1) is 0 Å². The third-order valence-corrected chi connectivity index (χ3v) is 3.77.